The van der Waals surface area contributed by atoms with E-state index in [2.05, 4.69) is 21.1 Å². The van der Waals surface area contributed by atoms with Crippen molar-refractivity contribution in [1.82, 2.24) is 5.16 Å². The number of nitrogens with zero attached hydrogens (tertiary/aromatic N) is 2. The van der Waals surface area contributed by atoms with Crippen molar-refractivity contribution in [3.8, 4) is 5.88 Å². The first-order chi connectivity index (χ1) is 10.5. The Kier molecular flexibility index (Phi) is 5.76. The van der Waals surface area contributed by atoms with Gasteiger partial charge in [-0.25, -0.2) is 4.39 Å². The number of hydroxylamine groups is 1. The summed E-state index contributed by atoms with van der Waals surface area (Å²) in [6.45, 7) is 0.405. The molecule has 118 valence electrons. The molecule has 0 fully saturated rings. The SMILES string of the molecule is O=C(c1cc(OCCCBr)no1)N(O)c1ccc(F)c(Cl)c1. The molecule has 6 nitrogen and oxygen atoms in total. The second-order valence-electron chi connectivity index (χ2n) is 4.14. The third kappa shape index (κ3) is 3.96. The summed E-state index contributed by atoms with van der Waals surface area (Å²) in [5.74, 6) is -1.63. The van der Waals surface area contributed by atoms with Crippen molar-refractivity contribution >= 4 is 39.1 Å². The highest BCUT2D eigenvalue weighted by Gasteiger charge is 2.22. The molecule has 0 unspecified atom stereocenters. The van der Waals surface area contributed by atoms with Gasteiger partial charge in [-0.15, -0.1) is 0 Å². The molecule has 0 spiro atoms. The van der Waals surface area contributed by atoms with E-state index in [4.69, 9.17) is 20.9 Å². The van der Waals surface area contributed by atoms with Crippen molar-refractivity contribution < 1.29 is 23.7 Å². The number of carbonyl (C=O) groups is 1. The third-order valence-electron chi connectivity index (χ3n) is 2.57. The zero-order valence-electron chi connectivity index (χ0n) is 11.1. The lowest BCUT2D eigenvalue weighted by Gasteiger charge is -2.13. The smallest absolute Gasteiger partial charge is 0.320 e. The lowest BCUT2D eigenvalue weighted by atomic mass is 10.3. The number of halogens is 3. The van der Waals surface area contributed by atoms with Crippen molar-refractivity contribution in [2.75, 3.05) is 17.0 Å². The number of alkyl halides is 1. The fraction of sp³-hybridized carbons (Fsp3) is 0.231. The van der Waals surface area contributed by atoms with E-state index in [-0.39, 0.29) is 27.4 Å². The van der Waals surface area contributed by atoms with Crippen molar-refractivity contribution in [2.45, 2.75) is 6.42 Å². The molecule has 2 rings (SSSR count). The molecule has 0 bridgehead atoms. The van der Waals surface area contributed by atoms with Crippen LogP contribution in [-0.4, -0.2) is 28.2 Å². The minimum atomic E-state index is -0.884. The molecule has 0 radical (unpaired) electrons. The summed E-state index contributed by atoms with van der Waals surface area (Å²) in [7, 11) is 0. The van der Waals surface area contributed by atoms with Crippen LogP contribution in [0.5, 0.6) is 5.88 Å². The van der Waals surface area contributed by atoms with Crippen LogP contribution < -0.4 is 9.80 Å². The molecule has 0 atom stereocenters. The Bertz CT molecular complexity index is 667. The topological polar surface area (TPSA) is 75.8 Å². The van der Waals surface area contributed by atoms with Crippen LogP contribution in [0, 0.1) is 5.82 Å². The molecule has 9 heteroatoms. The summed E-state index contributed by atoms with van der Waals surface area (Å²) in [6.07, 6.45) is 0.760. The van der Waals surface area contributed by atoms with Gasteiger partial charge in [0.15, 0.2) is 0 Å². The van der Waals surface area contributed by atoms with Gasteiger partial charge < -0.3 is 9.26 Å². The summed E-state index contributed by atoms with van der Waals surface area (Å²) in [5.41, 5.74) is -0.00504. The van der Waals surface area contributed by atoms with Gasteiger partial charge in [0.25, 0.3) is 5.88 Å². The third-order valence-corrected chi connectivity index (χ3v) is 3.42. The van der Waals surface area contributed by atoms with Gasteiger partial charge in [-0.1, -0.05) is 27.5 Å². The van der Waals surface area contributed by atoms with E-state index in [0.717, 1.165) is 23.9 Å². The molecule has 1 N–H and O–H groups in total. The van der Waals surface area contributed by atoms with E-state index in [1.165, 1.54) is 12.1 Å². The second-order valence-corrected chi connectivity index (χ2v) is 5.34. The molecular weight excluding hydrogens is 383 g/mol. The maximum atomic E-state index is 13.1. The maximum absolute atomic E-state index is 13.1. The van der Waals surface area contributed by atoms with E-state index in [9.17, 15) is 14.4 Å². The number of hydrogen-bond acceptors (Lipinski definition) is 5. The van der Waals surface area contributed by atoms with Crippen molar-refractivity contribution in [3.05, 3.63) is 40.9 Å². The number of hydrogen-bond donors (Lipinski definition) is 1. The standard InChI is InChI=1S/C13H11BrClFN2O4/c14-4-1-5-21-12-7-11(22-17-12)13(19)18(20)8-2-3-10(16)9(15)6-8/h2-3,6-7,20H,1,4-5H2. The summed E-state index contributed by atoms with van der Waals surface area (Å²) in [4.78, 5) is 12.0. The van der Waals surface area contributed by atoms with Gasteiger partial charge in [0.1, 0.15) is 5.82 Å². The van der Waals surface area contributed by atoms with Crippen LogP contribution in [-0.2, 0) is 0 Å². The molecule has 0 saturated heterocycles. The molecule has 0 aliphatic heterocycles. The number of benzene rings is 1. The van der Waals surface area contributed by atoms with Gasteiger partial charge in [0.05, 0.1) is 23.4 Å². The molecule has 1 aromatic carbocycles. The first-order valence-electron chi connectivity index (χ1n) is 6.17. The van der Waals surface area contributed by atoms with Crippen LogP contribution in [0.4, 0.5) is 10.1 Å². The summed E-state index contributed by atoms with van der Waals surface area (Å²) in [5, 5.41) is 14.2. The summed E-state index contributed by atoms with van der Waals surface area (Å²) in [6, 6.07) is 4.59. The van der Waals surface area contributed by atoms with Gasteiger partial charge in [-0.3, -0.25) is 10.0 Å². The van der Waals surface area contributed by atoms with Crippen molar-refractivity contribution in [1.29, 1.82) is 0 Å². The number of aromatic nitrogens is 1. The normalized spacial score (nSPS) is 10.5. The number of rotatable bonds is 6. The Hall–Kier alpha value is -1.64. The monoisotopic (exact) mass is 392 g/mol. The Morgan fingerprint density at radius 2 is 2.27 bits per heavy atom. The first kappa shape index (κ1) is 16.7. The highest BCUT2D eigenvalue weighted by atomic mass is 79.9. The van der Waals surface area contributed by atoms with Gasteiger partial charge in [-0.2, -0.15) is 5.06 Å². The Morgan fingerprint density at radius 3 is 2.95 bits per heavy atom. The Labute approximate surface area is 138 Å². The largest absolute Gasteiger partial charge is 0.475 e. The lowest BCUT2D eigenvalue weighted by Crippen LogP contribution is -2.26. The predicted molar refractivity (Wildman–Crippen MR) is 80.4 cm³/mol. The van der Waals surface area contributed by atoms with Crippen LogP contribution in [0.1, 0.15) is 17.0 Å². The predicted octanol–water partition coefficient (Wildman–Crippen LogP) is 3.67. The molecular formula is C13H11BrClFN2O4. The molecule has 2 aromatic rings. The van der Waals surface area contributed by atoms with Crippen molar-refractivity contribution in [3.63, 3.8) is 0 Å². The van der Waals surface area contributed by atoms with Crippen LogP contribution in [0.3, 0.4) is 0 Å². The summed E-state index contributed by atoms with van der Waals surface area (Å²) < 4.78 is 23.1. The van der Waals surface area contributed by atoms with Crippen LogP contribution >= 0.6 is 27.5 Å². The van der Waals surface area contributed by atoms with Crippen LogP contribution in [0.15, 0.2) is 28.8 Å². The molecule has 1 amide bonds. The minimum absolute atomic E-state index is 0.00504. The Morgan fingerprint density at radius 1 is 1.50 bits per heavy atom. The Balaban J connectivity index is 2.08. The molecule has 0 saturated carbocycles. The molecule has 0 aliphatic rings. The molecule has 0 aliphatic carbocycles. The van der Waals surface area contributed by atoms with Gasteiger partial charge in [0.2, 0.25) is 5.76 Å². The highest BCUT2D eigenvalue weighted by Crippen LogP contribution is 2.23. The van der Waals surface area contributed by atoms with Crippen LogP contribution in [0.25, 0.3) is 0 Å². The van der Waals surface area contributed by atoms with E-state index in [1.54, 1.807) is 0 Å². The molecule has 1 heterocycles. The fourth-order valence-corrected chi connectivity index (χ4v) is 1.90. The zero-order chi connectivity index (χ0) is 16.1. The van der Waals surface area contributed by atoms with E-state index >= 15 is 0 Å². The van der Waals surface area contributed by atoms with Crippen molar-refractivity contribution in [2.24, 2.45) is 0 Å². The number of ether oxygens (including phenoxy) is 1. The average Bonchev–Trinajstić information content (AvgIpc) is 2.97. The summed E-state index contributed by atoms with van der Waals surface area (Å²) >= 11 is 8.85. The van der Waals surface area contributed by atoms with E-state index < -0.39 is 11.7 Å². The van der Waals surface area contributed by atoms with Gasteiger partial charge in [-0.05, 0) is 29.8 Å². The molecule has 22 heavy (non-hydrogen) atoms. The fourth-order valence-electron chi connectivity index (χ4n) is 1.50. The second kappa shape index (κ2) is 7.57. The number of amides is 1. The molecule has 1 aromatic heterocycles. The minimum Gasteiger partial charge on any atom is -0.475 e. The number of carbonyl (C=O) groups excluding carboxylic acids is 1. The quantitative estimate of drug-likeness (QED) is 0.351. The van der Waals surface area contributed by atoms with E-state index in [1.807, 2.05) is 0 Å². The lowest BCUT2D eigenvalue weighted by molar-refractivity contribution is 0.0816. The van der Waals surface area contributed by atoms with Crippen LogP contribution in [0.2, 0.25) is 5.02 Å². The van der Waals surface area contributed by atoms with E-state index in [0.29, 0.717) is 6.61 Å². The average molecular weight is 394 g/mol. The number of anilines is 1. The van der Waals surface area contributed by atoms with Gasteiger partial charge in [0, 0.05) is 5.33 Å². The highest BCUT2D eigenvalue weighted by molar-refractivity contribution is 9.09. The zero-order valence-corrected chi connectivity index (χ0v) is 13.5. The first-order valence-corrected chi connectivity index (χ1v) is 7.66. The maximum Gasteiger partial charge on any atom is 0.320 e. The van der Waals surface area contributed by atoms with Gasteiger partial charge >= 0.3 is 5.91 Å².